The molecule has 2 saturated carbocycles. The van der Waals surface area contributed by atoms with Crippen molar-refractivity contribution in [1.29, 1.82) is 0 Å². The topological polar surface area (TPSA) is 69.6 Å². The summed E-state index contributed by atoms with van der Waals surface area (Å²) in [5, 5.41) is 22.0. The van der Waals surface area contributed by atoms with Gasteiger partial charge in [-0.2, -0.15) is 0 Å². The minimum atomic E-state index is -0.803. The molecule has 2 aliphatic carbocycles. The van der Waals surface area contributed by atoms with Crippen LogP contribution in [0.1, 0.15) is 37.2 Å². The summed E-state index contributed by atoms with van der Waals surface area (Å²) in [6, 6.07) is 5.61. The highest BCUT2D eigenvalue weighted by Gasteiger charge is 2.49. The summed E-state index contributed by atoms with van der Waals surface area (Å²) in [5.41, 5.74) is 0.544. The standard InChI is InChI=1S/C19H26FNO4/c1-21(2,24)18-13-3-4-14(18)10-16(9-13)25-19(23)17(11-22)12-5-7-15(20)8-6-12/h5-8,13-14,16-18,22H,3-4,9-11H2,1-2H3. The number of aliphatic hydroxyl groups excluding tert-OH is 1. The van der Waals surface area contributed by atoms with Crippen molar-refractivity contribution in [3.8, 4) is 0 Å². The van der Waals surface area contributed by atoms with Gasteiger partial charge in [-0.05, 0) is 43.4 Å². The Morgan fingerprint density at radius 1 is 1.28 bits per heavy atom. The summed E-state index contributed by atoms with van der Waals surface area (Å²) < 4.78 is 18.4. The molecule has 2 aliphatic rings. The molecule has 5 nitrogen and oxygen atoms in total. The number of hydrogen-bond donors (Lipinski definition) is 1. The number of benzene rings is 1. The second-order valence-electron chi connectivity index (χ2n) is 7.84. The smallest absolute Gasteiger partial charge is 0.316 e. The third kappa shape index (κ3) is 3.86. The van der Waals surface area contributed by atoms with Crippen molar-refractivity contribution in [2.75, 3.05) is 20.7 Å². The highest BCUT2D eigenvalue weighted by atomic mass is 19.1. The van der Waals surface area contributed by atoms with Crippen LogP contribution in [0.5, 0.6) is 0 Å². The van der Waals surface area contributed by atoms with E-state index in [9.17, 15) is 19.5 Å². The Hall–Kier alpha value is -1.50. The van der Waals surface area contributed by atoms with E-state index in [4.69, 9.17) is 4.74 Å². The molecule has 0 aromatic heterocycles. The van der Waals surface area contributed by atoms with Gasteiger partial charge < -0.3 is 19.7 Å². The van der Waals surface area contributed by atoms with Gasteiger partial charge in [-0.25, -0.2) is 4.39 Å². The number of nitrogens with zero attached hydrogens (tertiary/aromatic N) is 1. The van der Waals surface area contributed by atoms with Gasteiger partial charge in [0.1, 0.15) is 17.8 Å². The molecular weight excluding hydrogens is 325 g/mol. The van der Waals surface area contributed by atoms with Crippen LogP contribution in [-0.4, -0.2) is 48.6 Å². The van der Waals surface area contributed by atoms with E-state index in [0.717, 1.165) is 12.8 Å². The van der Waals surface area contributed by atoms with Crippen LogP contribution in [0.4, 0.5) is 4.39 Å². The predicted molar refractivity (Wildman–Crippen MR) is 90.8 cm³/mol. The van der Waals surface area contributed by atoms with Gasteiger partial charge in [0.25, 0.3) is 0 Å². The summed E-state index contributed by atoms with van der Waals surface area (Å²) in [4.78, 5) is 12.5. The fourth-order valence-electron chi connectivity index (χ4n) is 4.81. The molecule has 2 fully saturated rings. The maximum atomic E-state index is 13.0. The third-order valence-corrected chi connectivity index (χ3v) is 5.75. The molecule has 1 N–H and O–H groups in total. The number of hydroxylamine groups is 3. The second kappa shape index (κ2) is 7.02. The lowest BCUT2D eigenvalue weighted by Gasteiger charge is -2.48. The molecule has 0 spiro atoms. The molecule has 3 unspecified atom stereocenters. The van der Waals surface area contributed by atoms with E-state index in [1.54, 1.807) is 14.1 Å². The Bertz CT molecular complexity index is 599. The number of aliphatic hydroxyl groups is 1. The molecule has 0 radical (unpaired) electrons. The van der Waals surface area contributed by atoms with Gasteiger partial charge in [-0.15, -0.1) is 0 Å². The van der Waals surface area contributed by atoms with Crippen LogP contribution in [0, 0.1) is 22.9 Å². The van der Waals surface area contributed by atoms with E-state index in [-0.39, 0.29) is 41.1 Å². The van der Waals surface area contributed by atoms with E-state index >= 15 is 0 Å². The maximum absolute atomic E-state index is 13.0. The number of fused-ring (bicyclic) bond motifs is 2. The van der Waals surface area contributed by atoms with Crippen LogP contribution in [0.3, 0.4) is 0 Å². The van der Waals surface area contributed by atoms with Crippen LogP contribution in [0.2, 0.25) is 0 Å². The van der Waals surface area contributed by atoms with Crippen molar-refractivity contribution in [3.63, 3.8) is 0 Å². The first-order valence-electron chi connectivity index (χ1n) is 8.91. The zero-order valence-electron chi connectivity index (χ0n) is 14.7. The SMILES string of the molecule is C[N+](C)([O-])C1C2CCC1CC(OC(=O)C(CO)c1ccc(F)cc1)C2. The lowest BCUT2D eigenvalue weighted by molar-refractivity contribution is -0.874. The molecule has 138 valence electrons. The second-order valence-corrected chi connectivity index (χ2v) is 7.84. The van der Waals surface area contributed by atoms with Gasteiger partial charge in [0.05, 0.1) is 26.7 Å². The molecule has 3 atom stereocenters. The molecule has 0 heterocycles. The van der Waals surface area contributed by atoms with Gasteiger partial charge in [0.2, 0.25) is 0 Å². The minimum absolute atomic E-state index is 0.0840. The van der Waals surface area contributed by atoms with E-state index in [1.165, 1.54) is 24.3 Å². The first-order chi connectivity index (χ1) is 11.8. The predicted octanol–water partition coefficient (Wildman–Crippen LogP) is 2.58. The molecular formula is C19H26FNO4. The van der Waals surface area contributed by atoms with Crippen molar-refractivity contribution >= 4 is 5.97 Å². The largest absolute Gasteiger partial charge is 0.633 e. The monoisotopic (exact) mass is 351 g/mol. The minimum Gasteiger partial charge on any atom is -0.633 e. The lowest BCUT2D eigenvalue weighted by atomic mass is 9.81. The summed E-state index contributed by atoms with van der Waals surface area (Å²) >= 11 is 0. The van der Waals surface area contributed by atoms with Crippen molar-refractivity contribution in [2.24, 2.45) is 11.8 Å². The molecule has 6 heteroatoms. The Balaban J connectivity index is 1.65. The zero-order valence-corrected chi connectivity index (χ0v) is 14.7. The quantitative estimate of drug-likeness (QED) is 0.503. The van der Waals surface area contributed by atoms with Crippen molar-refractivity contribution in [3.05, 3.63) is 40.9 Å². The van der Waals surface area contributed by atoms with Crippen LogP contribution in [0.15, 0.2) is 24.3 Å². The van der Waals surface area contributed by atoms with Crippen LogP contribution >= 0.6 is 0 Å². The fourth-order valence-corrected chi connectivity index (χ4v) is 4.81. The molecule has 0 amide bonds. The summed E-state index contributed by atoms with van der Waals surface area (Å²) in [7, 11) is 3.39. The van der Waals surface area contributed by atoms with Crippen molar-refractivity contribution < 1.29 is 23.7 Å². The molecule has 25 heavy (non-hydrogen) atoms. The first-order valence-corrected chi connectivity index (χ1v) is 8.91. The van der Waals surface area contributed by atoms with Crippen LogP contribution < -0.4 is 0 Å². The average molecular weight is 351 g/mol. The molecule has 2 bridgehead atoms. The third-order valence-electron chi connectivity index (χ3n) is 5.75. The number of rotatable bonds is 5. The Kier molecular flexibility index (Phi) is 5.14. The average Bonchev–Trinajstić information content (AvgIpc) is 2.82. The Morgan fingerprint density at radius 2 is 1.84 bits per heavy atom. The normalized spacial score (nSPS) is 30.1. The van der Waals surface area contributed by atoms with Crippen LogP contribution in [0.25, 0.3) is 0 Å². The summed E-state index contributed by atoms with van der Waals surface area (Å²) in [6.45, 7) is -0.378. The van der Waals surface area contributed by atoms with Crippen LogP contribution in [-0.2, 0) is 9.53 Å². The molecule has 3 rings (SSSR count). The van der Waals surface area contributed by atoms with Crippen molar-refractivity contribution in [2.45, 2.75) is 43.7 Å². The van der Waals surface area contributed by atoms with Gasteiger partial charge in [0.15, 0.2) is 0 Å². The molecule has 0 aliphatic heterocycles. The van der Waals surface area contributed by atoms with E-state index in [1.807, 2.05) is 0 Å². The highest BCUT2D eigenvalue weighted by molar-refractivity contribution is 5.78. The van der Waals surface area contributed by atoms with Gasteiger partial charge in [-0.3, -0.25) is 4.79 Å². The maximum Gasteiger partial charge on any atom is 0.316 e. The Labute approximate surface area is 147 Å². The number of carbonyl (C=O) groups is 1. The molecule has 0 saturated heterocycles. The Morgan fingerprint density at radius 3 is 2.32 bits per heavy atom. The molecule has 1 aromatic rings. The van der Waals surface area contributed by atoms with E-state index in [0.29, 0.717) is 18.4 Å². The number of quaternary nitrogens is 1. The lowest BCUT2D eigenvalue weighted by Crippen LogP contribution is -2.52. The first kappa shape index (κ1) is 18.3. The summed E-state index contributed by atoms with van der Waals surface area (Å²) in [6.07, 6.45) is 3.22. The fraction of sp³-hybridized carbons (Fsp3) is 0.632. The van der Waals surface area contributed by atoms with Gasteiger partial charge >= 0.3 is 5.97 Å². The van der Waals surface area contributed by atoms with Crippen molar-refractivity contribution in [1.82, 2.24) is 0 Å². The number of halogens is 1. The highest BCUT2D eigenvalue weighted by Crippen LogP contribution is 2.47. The number of carbonyl (C=O) groups excluding carboxylic acids is 1. The number of hydrogen-bond acceptors (Lipinski definition) is 4. The summed E-state index contributed by atoms with van der Waals surface area (Å²) in [5.74, 6) is -1.11. The number of esters is 1. The van der Waals surface area contributed by atoms with E-state index < -0.39 is 11.9 Å². The van der Waals surface area contributed by atoms with Gasteiger partial charge in [0, 0.05) is 11.8 Å². The van der Waals surface area contributed by atoms with E-state index in [2.05, 4.69) is 0 Å². The number of ether oxygens (including phenoxy) is 1. The van der Waals surface area contributed by atoms with Gasteiger partial charge in [-0.1, -0.05) is 12.1 Å². The zero-order chi connectivity index (χ0) is 18.2. The molecule has 1 aromatic carbocycles.